The van der Waals surface area contributed by atoms with Crippen molar-refractivity contribution < 1.29 is 4.79 Å². The molecule has 0 aliphatic heterocycles. The zero-order valence-electron chi connectivity index (χ0n) is 11.4. The van der Waals surface area contributed by atoms with Crippen molar-refractivity contribution in [1.29, 1.82) is 0 Å². The minimum Gasteiger partial charge on any atom is -0.351 e. The van der Waals surface area contributed by atoms with Crippen molar-refractivity contribution in [3.63, 3.8) is 0 Å². The van der Waals surface area contributed by atoms with Crippen LogP contribution < -0.4 is 16.6 Å². The number of para-hydroxylation sites is 1. The lowest BCUT2D eigenvalue weighted by Gasteiger charge is -2.12. The van der Waals surface area contributed by atoms with E-state index in [0.29, 0.717) is 17.9 Å². The average molecular weight is 270 g/mol. The zero-order valence-corrected chi connectivity index (χ0v) is 11.4. The summed E-state index contributed by atoms with van der Waals surface area (Å²) in [5.74, 6) is 5.84. The highest BCUT2D eigenvalue weighted by Gasteiger charge is 2.37. The fourth-order valence-corrected chi connectivity index (χ4v) is 2.22. The van der Waals surface area contributed by atoms with Crippen molar-refractivity contribution >= 4 is 22.6 Å². The minimum atomic E-state index is -0.0757. The molecule has 1 aliphatic rings. The summed E-state index contributed by atoms with van der Waals surface area (Å²) in [4.78, 5) is 16.7. The highest BCUT2D eigenvalue weighted by Crippen LogP contribution is 2.44. The Bertz CT molecular complexity index is 664. The minimum absolute atomic E-state index is 0.0757. The van der Waals surface area contributed by atoms with E-state index < -0.39 is 0 Å². The average Bonchev–Trinajstić information content (AvgIpc) is 3.22. The number of anilines is 1. The standard InChI is InChI=1S/C15H18N4O/c1-15(6-7-15)9-17-14(20)11-8-13(19-16)18-12-5-3-2-4-10(11)12/h2-5,8H,6-7,9,16H2,1H3,(H,17,20)(H,18,19). The number of aromatic nitrogens is 1. The fourth-order valence-electron chi connectivity index (χ4n) is 2.22. The monoisotopic (exact) mass is 270 g/mol. The van der Waals surface area contributed by atoms with Crippen molar-refractivity contribution in [2.45, 2.75) is 19.8 Å². The van der Waals surface area contributed by atoms with Crippen LogP contribution >= 0.6 is 0 Å². The Balaban J connectivity index is 1.93. The van der Waals surface area contributed by atoms with Crippen LogP contribution in [0.4, 0.5) is 5.82 Å². The van der Waals surface area contributed by atoms with Gasteiger partial charge in [-0.1, -0.05) is 25.1 Å². The predicted octanol–water partition coefficient (Wildman–Crippen LogP) is 2.05. The smallest absolute Gasteiger partial charge is 0.252 e. The predicted molar refractivity (Wildman–Crippen MR) is 79.2 cm³/mol. The van der Waals surface area contributed by atoms with Crippen molar-refractivity contribution in [3.8, 4) is 0 Å². The van der Waals surface area contributed by atoms with Gasteiger partial charge < -0.3 is 10.7 Å². The molecule has 1 heterocycles. The number of hydrogen-bond acceptors (Lipinski definition) is 4. The summed E-state index contributed by atoms with van der Waals surface area (Å²) in [7, 11) is 0. The number of nitrogens with zero attached hydrogens (tertiary/aromatic N) is 1. The molecule has 0 saturated heterocycles. The van der Waals surface area contributed by atoms with E-state index in [-0.39, 0.29) is 11.3 Å². The molecule has 104 valence electrons. The molecule has 0 bridgehead atoms. The topological polar surface area (TPSA) is 80.0 Å². The van der Waals surface area contributed by atoms with E-state index in [0.717, 1.165) is 10.9 Å². The van der Waals surface area contributed by atoms with Gasteiger partial charge in [0.05, 0.1) is 11.1 Å². The zero-order chi connectivity index (χ0) is 14.2. The molecule has 1 aliphatic carbocycles. The Labute approximate surface area is 117 Å². The van der Waals surface area contributed by atoms with E-state index in [1.807, 2.05) is 24.3 Å². The number of hydrazine groups is 1. The third-order valence-corrected chi connectivity index (χ3v) is 3.89. The van der Waals surface area contributed by atoms with Crippen LogP contribution in [0.2, 0.25) is 0 Å². The van der Waals surface area contributed by atoms with Gasteiger partial charge in [0.15, 0.2) is 0 Å². The number of nitrogens with two attached hydrogens (primary N) is 1. The summed E-state index contributed by atoms with van der Waals surface area (Å²) >= 11 is 0. The molecule has 1 saturated carbocycles. The lowest BCUT2D eigenvalue weighted by molar-refractivity contribution is 0.0948. The third-order valence-electron chi connectivity index (χ3n) is 3.89. The molecule has 0 atom stereocenters. The summed E-state index contributed by atoms with van der Waals surface area (Å²) < 4.78 is 0. The molecule has 5 nitrogen and oxygen atoms in total. The normalized spacial score (nSPS) is 15.9. The summed E-state index contributed by atoms with van der Waals surface area (Å²) in [6, 6.07) is 9.25. The molecule has 2 aromatic rings. The molecule has 20 heavy (non-hydrogen) atoms. The number of rotatable bonds is 4. The van der Waals surface area contributed by atoms with Gasteiger partial charge >= 0.3 is 0 Å². The van der Waals surface area contributed by atoms with Gasteiger partial charge in [0, 0.05) is 11.9 Å². The second-order valence-corrected chi connectivity index (χ2v) is 5.71. The number of benzene rings is 1. The van der Waals surface area contributed by atoms with Crippen LogP contribution in [0.15, 0.2) is 30.3 Å². The molecule has 0 radical (unpaired) electrons. The van der Waals surface area contributed by atoms with E-state index >= 15 is 0 Å². The highest BCUT2D eigenvalue weighted by molar-refractivity contribution is 6.06. The molecule has 1 amide bonds. The quantitative estimate of drug-likeness (QED) is 0.587. The van der Waals surface area contributed by atoms with Gasteiger partial charge in [0.25, 0.3) is 5.91 Å². The number of carbonyl (C=O) groups excluding carboxylic acids is 1. The lowest BCUT2D eigenvalue weighted by Crippen LogP contribution is -2.29. The number of nitrogens with one attached hydrogen (secondary N) is 2. The summed E-state index contributed by atoms with van der Waals surface area (Å²) in [5.41, 5.74) is 4.15. The van der Waals surface area contributed by atoms with Crippen LogP contribution in [0.25, 0.3) is 10.9 Å². The van der Waals surface area contributed by atoms with Gasteiger partial charge in [0.1, 0.15) is 5.82 Å². The molecule has 4 N–H and O–H groups in total. The summed E-state index contributed by atoms with van der Waals surface area (Å²) in [6.45, 7) is 2.90. The maximum absolute atomic E-state index is 12.4. The van der Waals surface area contributed by atoms with Gasteiger partial charge in [-0.25, -0.2) is 10.8 Å². The maximum atomic E-state index is 12.4. The molecule has 0 unspecified atom stereocenters. The van der Waals surface area contributed by atoms with Gasteiger partial charge in [-0.15, -0.1) is 0 Å². The van der Waals surface area contributed by atoms with Gasteiger partial charge in [-0.2, -0.15) is 0 Å². The molecule has 1 aromatic heterocycles. The molecular weight excluding hydrogens is 252 g/mol. The molecule has 1 fully saturated rings. The van der Waals surface area contributed by atoms with E-state index in [1.54, 1.807) is 6.07 Å². The maximum Gasteiger partial charge on any atom is 0.252 e. The van der Waals surface area contributed by atoms with Gasteiger partial charge in [-0.05, 0) is 30.4 Å². The summed E-state index contributed by atoms with van der Waals surface area (Å²) in [6.07, 6.45) is 2.36. The van der Waals surface area contributed by atoms with Crippen LogP contribution in [0.3, 0.4) is 0 Å². The SMILES string of the molecule is CC1(CNC(=O)c2cc(NN)nc3ccccc23)CC1. The van der Waals surface area contributed by atoms with Crippen molar-refractivity contribution in [3.05, 3.63) is 35.9 Å². The second-order valence-electron chi connectivity index (χ2n) is 5.71. The van der Waals surface area contributed by atoms with Crippen molar-refractivity contribution in [1.82, 2.24) is 10.3 Å². The Morgan fingerprint density at radius 2 is 2.15 bits per heavy atom. The molecule has 1 aromatic carbocycles. The number of hydrogen-bond donors (Lipinski definition) is 3. The largest absolute Gasteiger partial charge is 0.351 e. The highest BCUT2D eigenvalue weighted by atomic mass is 16.1. The van der Waals surface area contributed by atoms with Crippen LogP contribution in [0, 0.1) is 5.41 Å². The Kier molecular flexibility index (Phi) is 3.06. The van der Waals surface area contributed by atoms with Crippen LogP contribution in [-0.4, -0.2) is 17.4 Å². The number of carbonyl (C=O) groups is 1. The van der Waals surface area contributed by atoms with Crippen molar-refractivity contribution in [2.75, 3.05) is 12.0 Å². The Morgan fingerprint density at radius 3 is 2.85 bits per heavy atom. The molecule has 5 heteroatoms. The lowest BCUT2D eigenvalue weighted by atomic mass is 10.1. The molecule has 0 spiro atoms. The van der Waals surface area contributed by atoms with Gasteiger partial charge in [0.2, 0.25) is 0 Å². The first-order chi connectivity index (χ1) is 9.61. The first-order valence-corrected chi connectivity index (χ1v) is 6.76. The first kappa shape index (κ1) is 12.9. The van der Waals surface area contributed by atoms with Gasteiger partial charge in [-0.3, -0.25) is 4.79 Å². The molecular formula is C15H18N4O. The summed E-state index contributed by atoms with van der Waals surface area (Å²) in [5, 5.41) is 3.85. The number of nitrogen functional groups attached to an aromatic ring is 1. The van der Waals surface area contributed by atoms with E-state index in [9.17, 15) is 4.79 Å². The van der Waals surface area contributed by atoms with E-state index in [4.69, 9.17) is 5.84 Å². The number of pyridine rings is 1. The van der Waals surface area contributed by atoms with E-state index in [1.165, 1.54) is 12.8 Å². The second kappa shape index (κ2) is 4.76. The third kappa shape index (κ3) is 2.44. The molecule has 3 rings (SSSR count). The van der Waals surface area contributed by atoms with Crippen LogP contribution in [-0.2, 0) is 0 Å². The van der Waals surface area contributed by atoms with Crippen LogP contribution in [0.1, 0.15) is 30.1 Å². The number of amides is 1. The van der Waals surface area contributed by atoms with Crippen molar-refractivity contribution in [2.24, 2.45) is 11.3 Å². The fraction of sp³-hybridized carbons (Fsp3) is 0.333. The first-order valence-electron chi connectivity index (χ1n) is 6.76. The Hall–Kier alpha value is -2.14. The Morgan fingerprint density at radius 1 is 1.40 bits per heavy atom. The van der Waals surface area contributed by atoms with Crippen LogP contribution in [0.5, 0.6) is 0 Å². The van der Waals surface area contributed by atoms with E-state index in [2.05, 4.69) is 22.7 Å². The number of fused-ring (bicyclic) bond motifs is 1.